The number of imidazole rings is 1. The lowest BCUT2D eigenvalue weighted by molar-refractivity contribution is -0.139. The van der Waals surface area contributed by atoms with Crippen LogP contribution in [0.25, 0.3) is 5.76 Å². The Balaban J connectivity index is 1.76. The van der Waals surface area contributed by atoms with Crippen molar-refractivity contribution in [3.8, 4) is 17.2 Å². The monoisotopic (exact) mass is 519 g/mol. The van der Waals surface area contributed by atoms with E-state index in [1.165, 1.54) is 4.90 Å². The van der Waals surface area contributed by atoms with Crippen LogP contribution < -0.4 is 14.2 Å². The van der Waals surface area contributed by atoms with Crippen LogP contribution in [0.1, 0.15) is 44.4 Å². The van der Waals surface area contributed by atoms with Crippen LogP contribution in [0.4, 0.5) is 0 Å². The lowest BCUT2D eigenvalue weighted by Crippen LogP contribution is -2.31. The van der Waals surface area contributed by atoms with E-state index in [4.69, 9.17) is 14.2 Å². The number of nitrogens with zero attached hydrogens (tertiary/aromatic N) is 3. The summed E-state index contributed by atoms with van der Waals surface area (Å²) >= 11 is 0. The van der Waals surface area contributed by atoms with Crippen molar-refractivity contribution in [2.75, 3.05) is 26.4 Å². The smallest absolute Gasteiger partial charge is 0.295 e. The van der Waals surface area contributed by atoms with Gasteiger partial charge in [-0.05, 0) is 69.2 Å². The van der Waals surface area contributed by atoms with Crippen molar-refractivity contribution in [3.63, 3.8) is 0 Å². The molecule has 0 radical (unpaired) electrons. The van der Waals surface area contributed by atoms with Crippen molar-refractivity contribution >= 4 is 17.4 Å². The Bertz CT molecular complexity index is 1280. The van der Waals surface area contributed by atoms with E-state index in [1.807, 2.05) is 31.5 Å². The van der Waals surface area contributed by atoms with Gasteiger partial charge in [0, 0.05) is 31.0 Å². The second-order valence-electron chi connectivity index (χ2n) is 8.68. The number of hydrogen-bond acceptors (Lipinski definition) is 7. The minimum Gasteiger partial charge on any atom is -0.507 e. The average Bonchev–Trinajstić information content (AvgIpc) is 3.52. The highest BCUT2D eigenvalue weighted by Gasteiger charge is 2.46. The summed E-state index contributed by atoms with van der Waals surface area (Å²) in [5, 5.41) is 11.3. The second-order valence-corrected chi connectivity index (χ2v) is 8.68. The summed E-state index contributed by atoms with van der Waals surface area (Å²) in [6.07, 6.45) is 5.84. The SMILES string of the molecule is CCOc1ccc(/C(O)=C2\C(=O)C(=O)N(CCCn3ccnc3)[C@@H]2c2ccc(OCC)c(OCC)c2)cc1. The van der Waals surface area contributed by atoms with Crippen molar-refractivity contribution in [3.05, 3.63) is 77.9 Å². The molecule has 1 amide bonds. The largest absolute Gasteiger partial charge is 0.507 e. The van der Waals surface area contributed by atoms with E-state index in [0.717, 1.165) is 0 Å². The number of hydrogen-bond donors (Lipinski definition) is 1. The fraction of sp³-hybridized carbons (Fsp3) is 0.345. The Kier molecular flexibility index (Phi) is 8.68. The molecule has 2 heterocycles. The number of amides is 1. The van der Waals surface area contributed by atoms with Crippen LogP contribution in [-0.4, -0.2) is 57.6 Å². The van der Waals surface area contributed by atoms with Gasteiger partial charge in [0.2, 0.25) is 0 Å². The summed E-state index contributed by atoms with van der Waals surface area (Å²) in [6.45, 7) is 7.97. The van der Waals surface area contributed by atoms with Crippen LogP contribution in [0.15, 0.2) is 66.8 Å². The van der Waals surface area contributed by atoms with Crippen LogP contribution in [0.3, 0.4) is 0 Å². The van der Waals surface area contributed by atoms with E-state index >= 15 is 0 Å². The summed E-state index contributed by atoms with van der Waals surface area (Å²) in [7, 11) is 0. The first-order valence-corrected chi connectivity index (χ1v) is 12.8. The highest BCUT2D eigenvalue weighted by molar-refractivity contribution is 6.46. The first kappa shape index (κ1) is 26.8. The maximum absolute atomic E-state index is 13.4. The van der Waals surface area contributed by atoms with Gasteiger partial charge in [0.05, 0.1) is 37.8 Å². The fourth-order valence-corrected chi connectivity index (χ4v) is 4.57. The Morgan fingerprint density at radius 2 is 1.63 bits per heavy atom. The molecule has 0 spiro atoms. The van der Waals surface area contributed by atoms with Gasteiger partial charge in [-0.15, -0.1) is 0 Å². The minimum absolute atomic E-state index is 0.0356. The molecule has 4 rings (SSSR count). The van der Waals surface area contributed by atoms with Gasteiger partial charge in [-0.25, -0.2) is 4.98 Å². The quantitative estimate of drug-likeness (QED) is 0.212. The number of ether oxygens (including phenoxy) is 3. The Morgan fingerprint density at radius 1 is 0.921 bits per heavy atom. The standard InChI is InChI=1S/C29H33N3O6/c1-4-36-22-11-8-20(9-12-22)27(33)25-26(21-10-13-23(37-5-2)24(18-21)38-6-3)32(29(35)28(25)34)16-7-15-31-17-14-30-19-31/h8-14,17-19,26,33H,4-7,15-16H2,1-3H3/b27-25+/t26-/m1/s1. The third kappa shape index (κ3) is 5.66. The summed E-state index contributed by atoms with van der Waals surface area (Å²) in [4.78, 5) is 32.2. The van der Waals surface area contributed by atoms with Crippen LogP contribution >= 0.6 is 0 Å². The lowest BCUT2D eigenvalue weighted by atomic mass is 9.95. The number of aryl methyl sites for hydroxylation is 1. The molecule has 1 N–H and O–H groups in total. The number of carbonyl (C=O) groups is 2. The van der Waals surface area contributed by atoms with E-state index in [9.17, 15) is 14.7 Å². The number of aliphatic hydroxyl groups excluding tert-OH is 1. The van der Waals surface area contributed by atoms with Gasteiger partial charge in [0.15, 0.2) is 11.5 Å². The van der Waals surface area contributed by atoms with E-state index in [-0.39, 0.29) is 11.3 Å². The topological polar surface area (TPSA) is 103 Å². The number of likely N-dealkylation sites (tertiary alicyclic amines) is 1. The highest BCUT2D eigenvalue weighted by Crippen LogP contribution is 2.42. The minimum atomic E-state index is -0.792. The van der Waals surface area contributed by atoms with E-state index in [1.54, 1.807) is 55.0 Å². The predicted octanol–water partition coefficient (Wildman–Crippen LogP) is 4.59. The molecule has 38 heavy (non-hydrogen) atoms. The van der Waals surface area contributed by atoms with Crippen LogP contribution in [-0.2, 0) is 16.1 Å². The van der Waals surface area contributed by atoms with Crippen LogP contribution in [0.2, 0.25) is 0 Å². The van der Waals surface area contributed by atoms with Crippen molar-refractivity contribution in [1.29, 1.82) is 0 Å². The van der Waals surface area contributed by atoms with Gasteiger partial charge in [0.1, 0.15) is 11.5 Å². The molecule has 9 heteroatoms. The maximum atomic E-state index is 13.4. The second kappa shape index (κ2) is 12.3. The Hall–Kier alpha value is -4.27. The molecular formula is C29H33N3O6. The Labute approximate surface area is 222 Å². The molecule has 1 fully saturated rings. The summed E-state index contributed by atoms with van der Waals surface area (Å²) in [5.41, 5.74) is 1.10. The average molecular weight is 520 g/mol. The molecule has 1 aliphatic rings. The molecule has 0 aliphatic carbocycles. The van der Waals surface area contributed by atoms with Gasteiger partial charge < -0.3 is 28.8 Å². The van der Waals surface area contributed by atoms with Crippen LogP contribution in [0.5, 0.6) is 17.2 Å². The van der Waals surface area contributed by atoms with Crippen molar-refractivity contribution in [1.82, 2.24) is 14.5 Å². The third-order valence-electron chi connectivity index (χ3n) is 6.24. The molecule has 2 aromatic carbocycles. The molecule has 1 atom stereocenters. The van der Waals surface area contributed by atoms with Crippen molar-refractivity contribution < 1.29 is 28.9 Å². The molecule has 0 saturated carbocycles. The van der Waals surface area contributed by atoms with Gasteiger partial charge in [0.25, 0.3) is 11.7 Å². The number of carbonyl (C=O) groups excluding carboxylic acids is 2. The highest BCUT2D eigenvalue weighted by atomic mass is 16.5. The van der Waals surface area contributed by atoms with E-state index in [2.05, 4.69) is 4.98 Å². The van der Waals surface area contributed by atoms with Gasteiger partial charge >= 0.3 is 0 Å². The molecule has 1 aliphatic heterocycles. The van der Waals surface area contributed by atoms with Crippen molar-refractivity contribution in [2.45, 2.75) is 39.8 Å². The third-order valence-corrected chi connectivity index (χ3v) is 6.24. The zero-order valence-electron chi connectivity index (χ0n) is 21.9. The maximum Gasteiger partial charge on any atom is 0.295 e. The van der Waals surface area contributed by atoms with Gasteiger partial charge in [-0.1, -0.05) is 6.07 Å². The molecule has 0 bridgehead atoms. The lowest BCUT2D eigenvalue weighted by Gasteiger charge is -2.26. The number of aromatic nitrogens is 2. The molecule has 0 unspecified atom stereocenters. The first-order chi connectivity index (χ1) is 18.5. The van der Waals surface area contributed by atoms with Crippen LogP contribution in [0, 0.1) is 0 Å². The number of Topliss-reactive ketones (excluding diaryl/α,β-unsaturated/α-hetero) is 1. The van der Waals surface area contributed by atoms with E-state index in [0.29, 0.717) is 67.7 Å². The predicted molar refractivity (Wildman–Crippen MR) is 142 cm³/mol. The van der Waals surface area contributed by atoms with Crippen molar-refractivity contribution in [2.24, 2.45) is 0 Å². The summed E-state index contributed by atoms with van der Waals surface area (Å²) < 4.78 is 18.9. The number of rotatable bonds is 12. The Morgan fingerprint density at radius 3 is 2.29 bits per heavy atom. The molecule has 200 valence electrons. The zero-order valence-corrected chi connectivity index (χ0v) is 21.9. The molecule has 3 aromatic rings. The number of benzene rings is 2. The van der Waals surface area contributed by atoms with E-state index < -0.39 is 17.7 Å². The first-order valence-electron chi connectivity index (χ1n) is 12.8. The number of aliphatic hydroxyl groups is 1. The summed E-state index contributed by atoms with van der Waals surface area (Å²) in [5.74, 6) is 0.114. The molecule has 1 aromatic heterocycles. The normalized spacial score (nSPS) is 16.6. The number of ketones is 1. The summed E-state index contributed by atoms with van der Waals surface area (Å²) in [6, 6.07) is 11.3. The fourth-order valence-electron chi connectivity index (χ4n) is 4.57. The molecule has 9 nitrogen and oxygen atoms in total. The van der Waals surface area contributed by atoms with Gasteiger partial charge in [-0.2, -0.15) is 0 Å². The van der Waals surface area contributed by atoms with Gasteiger partial charge in [-0.3, -0.25) is 9.59 Å². The molecule has 1 saturated heterocycles. The molecular weight excluding hydrogens is 486 g/mol. The zero-order chi connectivity index (χ0) is 27.1.